The lowest BCUT2D eigenvalue weighted by molar-refractivity contribution is -0.116. The van der Waals surface area contributed by atoms with Crippen molar-refractivity contribution in [2.24, 2.45) is 0 Å². The maximum atomic E-state index is 12.6. The molecular formula is C25H20BrClN4O2S. The minimum atomic E-state index is -0.382. The van der Waals surface area contributed by atoms with E-state index in [1.807, 2.05) is 66.7 Å². The van der Waals surface area contributed by atoms with Crippen molar-refractivity contribution >= 4 is 67.6 Å². The third kappa shape index (κ3) is 6.34. The van der Waals surface area contributed by atoms with Crippen molar-refractivity contribution in [1.82, 2.24) is 15.3 Å². The molecule has 4 rings (SSSR count). The molecule has 2 amide bonds. The molecule has 2 N–H and O–H groups in total. The number of halogens is 2. The number of nitrogens with zero attached hydrogens (tertiary/aromatic N) is 2. The van der Waals surface area contributed by atoms with Gasteiger partial charge in [-0.1, -0.05) is 71.9 Å². The van der Waals surface area contributed by atoms with Gasteiger partial charge in [0.05, 0.1) is 4.47 Å². The summed E-state index contributed by atoms with van der Waals surface area (Å²) < 4.78 is 0.479. The highest BCUT2D eigenvalue weighted by molar-refractivity contribution is 9.10. The number of hydrogen-bond acceptors (Lipinski definition) is 5. The minimum Gasteiger partial charge on any atom is -0.350 e. The summed E-state index contributed by atoms with van der Waals surface area (Å²) in [5.74, 6) is 0.0119. The third-order valence-electron chi connectivity index (χ3n) is 4.92. The van der Waals surface area contributed by atoms with Crippen LogP contribution >= 0.6 is 39.3 Å². The molecule has 0 spiro atoms. The molecule has 0 bridgehead atoms. The van der Waals surface area contributed by atoms with Crippen LogP contribution in [-0.4, -0.2) is 28.3 Å². The lowest BCUT2D eigenvalue weighted by Gasteiger charge is -2.09. The summed E-state index contributed by atoms with van der Waals surface area (Å²) in [4.78, 5) is 33.6. The molecule has 6 nitrogen and oxygen atoms in total. The maximum absolute atomic E-state index is 12.6. The van der Waals surface area contributed by atoms with Crippen molar-refractivity contribution in [3.8, 4) is 0 Å². The molecule has 0 saturated carbocycles. The van der Waals surface area contributed by atoms with Crippen molar-refractivity contribution in [1.29, 1.82) is 0 Å². The number of thioether (sulfide) groups is 1. The van der Waals surface area contributed by atoms with Gasteiger partial charge in [0.1, 0.15) is 5.69 Å². The molecule has 0 aliphatic rings. The lowest BCUT2D eigenvalue weighted by Crippen LogP contribution is -2.28. The molecule has 3 aromatic carbocycles. The first-order valence-electron chi connectivity index (χ1n) is 10.5. The minimum absolute atomic E-state index is 0.134. The Hall–Kier alpha value is -2.94. The third-order valence-corrected chi connectivity index (χ3v) is 6.78. The summed E-state index contributed by atoms with van der Waals surface area (Å²) in [6.45, 7) is 0.177. The Morgan fingerprint density at radius 2 is 1.76 bits per heavy atom. The highest BCUT2D eigenvalue weighted by Gasteiger charge is 2.15. The van der Waals surface area contributed by atoms with Gasteiger partial charge in [0.25, 0.3) is 5.91 Å². The Labute approximate surface area is 214 Å². The van der Waals surface area contributed by atoms with Crippen molar-refractivity contribution in [3.63, 3.8) is 0 Å². The van der Waals surface area contributed by atoms with E-state index in [0.717, 1.165) is 16.3 Å². The van der Waals surface area contributed by atoms with Crippen LogP contribution in [0.4, 0.5) is 5.69 Å². The zero-order chi connectivity index (χ0) is 23.9. The first-order chi connectivity index (χ1) is 16.5. The molecule has 0 unspecified atom stereocenters. The van der Waals surface area contributed by atoms with Gasteiger partial charge in [-0.25, -0.2) is 9.97 Å². The van der Waals surface area contributed by atoms with Crippen LogP contribution in [0.5, 0.6) is 0 Å². The molecule has 1 aromatic heterocycles. The van der Waals surface area contributed by atoms with E-state index in [2.05, 4.69) is 36.5 Å². The topological polar surface area (TPSA) is 84.0 Å². The largest absolute Gasteiger partial charge is 0.350 e. The summed E-state index contributed by atoms with van der Waals surface area (Å²) in [5, 5.41) is 8.90. The number of benzene rings is 3. The van der Waals surface area contributed by atoms with Crippen LogP contribution in [0, 0.1) is 0 Å². The molecular weight excluding hydrogens is 536 g/mol. The fraction of sp³-hybridized carbons (Fsp3) is 0.120. The van der Waals surface area contributed by atoms with E-state index in [-0.39, 0.29) is 30.5 Å². The molecule has 0 saturated heterocycles. The second-order valence-electron chi connectivity index (χ2n) is 7.35. The fourth-order valence-electron chi connectivity index (χ4n) is 3.20. The van der Waals surface area contributed by atoms with Gasteiger partial charge in [-0.3, -0.25) is 9.59 Å². The van der Waals surface area contributed by atoms with E-state index in [0.29, 0.717) is 26.1 Å². The molecule has 0 fully saturated rings. The van der Waals surface area contributed by atoms with E-state index in [1.54, 1.807) is 6.20 Å². The Morgan fingerprint density at radius 1 is 1.00 bits per heavy atom. The lowest BCUT2D eigenvalue weighted by atomic mass is 10.1. The normalized spacial score (nSPS) is 10.8. The Bertz CT molecular complexity index is 1350. The van der Waals surface area contributed by atoms with Crippen LogP contribution in [0.25, 0.3) is 10.8 Å². The van der Waals surface area contributed by atoms with E-state index in [9.17, 15) is 9.59 Å². The van der Waals surface area contributed by atoms with Gasteiger partial charge in [0, 0.05) is 35.6 Å². The number of carbonyl (C=O) groups is 2. The second-order valence-corrected chi connectivity index (χ2v) is 9.55. The molecule has 0 atom stereocenters. The molecule has 34 heavy (non-hydrogen) atoms. The summed E-state index contributed by atoms with van der Waals surface area (Å²) in [7, 11) is 0. The zero-order valence-electron chi connectivity index (χ0n) is 17.9. The Morgan fingerprint density at radius 3 is 2.59 bits per heavy atom. The van der Waals surface area contributed by atoms with Crippen LogP contribution in [0.15, 0.2) is 82.6 Å². The highest BCUT2D eigenvalue weighted by Crippen LogP contribution is 2.26. The number of nitrogens with one attached hydrogen (secondary N) is 2. The Kier molecular flexibility index (Phi) is 8.16. The van der Waals surface area contributed by atoms with Gasteiger partial charge in [-0.05, 0) is 50.5 Å². The zero-order valence-corrected chi connectivity index (χ0v) is 21.1. The average Bonchev–Trinajstić information content (AvgIpc) is 2.84. The smallest absolute Gasteiger partial charge is 0.271 e. The van der Waals surface area contributed by atoms with Crippen LogP contribution in [0.1, 0.15) is 22.5 Å². The predicted molar refractivity (Wildman–Crippen MR) is 140 cm³/mol. The van der Waals surface area contributed by atoms with Crippen LogP contribution in [0.2, 0.25) is 5.02 Å². The van der Waals surface area contributed by atoms with E-state index >= 15 is 0 Å². The number of anilines is 1. The number of fused-ring (bicyclic) bond motifs is 1. The monoisotopic (exact) mass is 554 g/mol. The Balaban J connectivity index is 1.30. The SMILES string of the molecule is O=C(CCNC(=O)c1nc(SCc2ccccc2Cl)ncc1Br)Nc1ccc2ccccc2c1. The first kappa shape index (κ1) is 24.2. The van der Waals surface area contributed by atoms with Crippen molar-refractivity contribution < 1.29 is 9.59 Å². The summed E-state index contributed by atoms with van der Waals surface area (Å²) in [6, 6.07) is 21.2. The fourth-order valence-corrected chi connectivity index (χ4v) is 4.67. The summed E-state index contributed by atoms with van der Waals surface area (Å²) in [5.41, 5.74) is 1.89. The van der Waals surface area contributed by atoms with Crippen molar-refractivity contribution in [3.05, 3.63) is 93.7 Å². The average molecular weight is 556 g/mol. The molecule has 1 heterocycles. The van der Waals surface area contributed by atoms with Gasteiger partial charge in [-0.2, -0.15) is 0 Å². The van der Waals surface area contributed by atoms with E-state index in [1.165, 1.54) is 11.8 Å². The van der Waals surface area contributed by atoms with Gasteiger partial charge < -0.3 is 10.6 Å². The van der Waals surface area contributed by atoms with Crippen molar-refractivity contribution in [2.45, 2.75) is 17.3 Å². The number of carbonyl (C=O) groups excluding carboxylic acids is 2. The summed E-state index contributed by atoms with van der Waals surface area (Å²) in [6.07, 6.45) is 1.68. The highest BCUT2D eigenvalue weighted by atomic mass is 79.9. The van der Waals surface area contributed by atoms with Gasteiger partial charge in [-0.15, -0.1) is 0 Å². The van der Waals surface area contributed by atoms with Gasteiger partial charge in [0.2, 0.25) is 5.91 Å². The van der Waals surface area contributed by atoms with Crippen LogP contribution in [0.3, 0.4) is 0 Å². The number of rotatable bonds is 8. The van der Waals surface area contributed by atoms with E-state index in [4.69, 9.17) is 11.6 Å². The molecule has 9 heteroatoms. The molecule has 4 aromatic rings. The quantitative estimate of drug-likeness (QED) is 0.203. The number of amides is 2. The van der Waals surface area contributed by atoms with Gasteiger partial charge in [0.15, 0.2) is 5.16 Å². The maximum Gasteiger partial charge on any atom is 0.271 e. The molecule has 0 aliphatic carbocycles. The van der Waals surface area contributed by atoms with Gasteiger partial charge >= 0.3 is 0 Å². The molecule has 0 radical (unpaired) electrons. The van der Waals surface area contributed by atoms with Crippen molar-refractivity contribution in [2.75, 3.05) is 11.9 Å². The first-order valence-corrected chi connectivity index (χ1v) is 12.6. The van der Waals surface area contributed by atoms with Crippen LogP contribution in [-0.2, 0) is 10.5 Å². The number of hydrogen-bond donors (Lipinski definition) is 2. The standard InChI is InChI=1S/C25H20BrClN4O2S/c26-20-14-29-25(34-15-18-7-3-4-8-21(18)27)31-23(20)24(33)28-12-11-22(32)30-19-10-9-16-5-1-2-6-17(16)13-19/h1-10,13-14H,11-12,15H2,(H,28,33)(H,30,32). The second kappa shape index (κ2) is 11.5. The number of aromatic nitrogens is 2. The van der Waals surface area contributed by atoms with Crippen LogP contribution < -0.4 is 10.6 Å². The van der Waals surface area contributed by atoms with E-state index < -0.39 is 0 Å². The predicted octanol–water partition coefficient (Wildman–Crippen LogP) is 6.10. The summed E-state index contributed by atoms with van der Waals surface area (Å²) >= 11 is 10.9. The molecule has 0 aliphatic heterocycles. The molecule has 172 valence electrons.